The summed E-state index contributed by atoms with van der Waals surface area (Å²) in [5.41, 5.74) is 0.658. The number of hydrogen-bond donors (Lipinski definition) is 1. The molecule has 28 heavy (non-hydrogen) atoms. The predicted octanol–water partition coefficient (Wildman–Crippen LogP) is 3.31. The van der Waals surface area contributed by atoms with Crippen molar-refractivity contribution in [3.63, 3.8) is 0 Å². The fourth-order valence-electron chi connectivity index (χ4n) is 3.23. The topological polar surface area (TPSA) is 75.7 Å². The quantitative estimate of drug-likeness (QED) is 0.668. The van der Waals surface area contributed by atoms with Gasteiger partial charge in [-0.2, -0.15) is 8.78 Å². The Bertz CT molecular complexity index is 750. The summed E-state index contributed by atoms with van der Waals surface area (Å²) in [6, 6.07) is 5.85. The first-order valence-corrected chi connectivity index (χ1v) is 11.2. The molecule has 0 radical (unpaired) electrons. The van der Waals surface area contributed by atoms with Gasteiger partial charge in [0, 0.05) is 19.0 Å². The third kappa shape index (κ3) is 6.41. The van der Waals surface area contributed by atoms with Gasteiger partial charge < -0.3 is 10.1 Å². The number of rotatable bonds is 9. The number of piperidine rings is 1. The molecule has 0 aliphatic carbocycles. The van der Waals surface area contributed by atoms with E-state index in [9.17, 15) is 22.0 Å². The zero-order chi connectivity index (χ0) is 20.7. The van der Waals surface area contributed by atoms with Gasteiger partial charge in [0.05, 0.1) is 11.8 Å². The summed E-state index contributed by atoms with van der Waals surface area (Å²) in [5, 5.41) is 2.88. The Balaban J connectivity index is 1.89. The number of carbonyl (C=O) groups is 1. The van der Waals surface area contributed by atoms with E-state index in [-0.39, 0.29) is 29.4 Å². The van der Waals surface area contributed by atoms with Crippen LogP contribution in [-0.4, -0.2) is 44.1 Å². The summed E-state index contributed by atoms with van der Waals surface area (Å²) in [5.74, 6) is -0.230. The monoisotopic (exact) mass is 418 g/mol. The summed E-state index contributed by atoms with van der Waals surface area (Å²) in [7, 11) is -3.25. The first-order valence-electron chi connectivity index (χ1n) is 9.56. The molecule has 0 spiro atoms. The Kier molecular flexibility index (Phi) is 8.18. The Hall–Kier alpha value is -1.74. The molecule has 1 saturated heterocycles. The van der Waals surface area contributed by atoms with Gasteiger partial charge in [0.1, 0.15) is 5.75 Å². The largest absolute Gasteiger partial charge is 0.435 e. The standard InChI is InChI=1S/C19H28F2N2O4S/c1-3-4-12-28(25,26)23-10-8-15(9-11-23)18(24)22-14(2)16-6-5-7-17(13-16)27-19(20)21/h5-7,13-15,19H,3-4,8-12H2,1-2H3,(H,22,24). The number of nitrogens with zero attached hydrogens (tertiary/aromatic N) is 1. The fourth-order valence-corrected chi connectivity index (χ4v) is 4.91. The fraction of sp³-hybridized carbons (Fsp3) is 0.632. The molecule has 1 fully saturated rings. The van der Waals surface area contributed by atoms with Crippen LogP contribution in [0.25, 0.3) is 0 Å². The highest BCUT2D eigenvalue weighted by atomic mass is 32.2. The van der Waals surface area contributed by atoms with E-state index < -0.39 is 16.6 Å². The number of carbonyl (C=O) groups excluding carboxylic acids is 1. The minimum Gasteiger partial charge on any atom is -0.435 e. The van der Waals surface area contributed by atoms with Crippen molar-refractivity contribution in [1.82, 2.24) is 9.62 Å². The van der Waals surface area contributed by atoms with Gasteiger partial charge in [0.2, 0.25) is 15.9 Å². The molecule has 0 aromatic heterocycles. The van der Waals surface area contributed by atoms with Crippen LogP contribution in [0.5, 0.6) is 5.75 Å². The highest BCUT2D eigenvalue weighted by molar-refractivity contribution is 7.89. The number of unbranched alkanes of at least 4 members (excludes halogenated alkanes) is 1. The summed E-state index contributed by atoms with van der Waals surface area (Å²) >= 11 is 0. The van der Waals surface area contributed by atoms with Gasteiger partial charge in [-0.05, 0) is 43.9 Å². The van der Waals surface area contributed by atoms with Crippen molar-refractivity contribution < 1.29 is 26.7 Å². The van der Waals surface area contributed by atoms with E-state index in [0.29, 0.717) is 37.9 Å². The van der Waals surface area contributed by atoms with Gasteiger partial charge >= 0.3 is 6.61 Å². The van der Waals surface area contributed by atoms with Crippen molar-refractivity contribution in [2.24, 2.45) is 5.92 Å². The maximum Gasteiger partial charge on any atom is 0.387 e. The molecule has 9 heteroatoms. The molecule has 1 aliphatic heterocycles. The molecule has 158 valence electrons. The lowest BCUT2D eigenvalue weighted by Crippen LogP contribution is -2.44. The van der Waals surface area contributed by atoms with Crippen molar-refractivity contribution in [3.05, 3.63) is 29.8 Å². The second kappa shape index (κ2) is 10.2. The van der Waals surface area contributed by atoms with Crippen LogP contribution >= 0.6 is 0 Å². The Morgan fingerprint density at radius 2 is 2.00 bits per heavy atom. The number of halogens is 2. The van der Waals surface area contributed by atoms with Crippen molar-refractivity contribution >= 4 is 15.9 Å². The number of ether oxygens (including phenoxy) is 1. The van der Waals surface area contributed by atoms with Crippen molar-refractivity contribution in [1.29, 1.82) is 0 Å². The summed E-state index contributed by atoms with van der Waals surface area (Å²) in [4.78, 5) is 12.5. The third-order valence-corrected chi connectivity index (χ3v) is 6.87. The zero-order valence-electron chi connectivity index (χ0n) is 16.2. The Labute approximate surface area is 165 Å². The third-order valence-electron chi connectivity index (χ3n) is 4.92. The van der Waals surface area contributed by atoms with E-state index >= 15 is 0 Å². The minimum absolute atomic E-state index is 0.0409. The predicted molar refractivity (Wildman–Crippen MR) is 103 cm³/mol. The molecule has 1 aromatic carbocycles. The second-order valence-corrected chi connectivity index (χ2v) is 9.11. The van der Waals surface area contributed by atoms with Gasteiger partial charge in [0.25, 0.3) is 0 Å². The molecular formula is C19H28F2N2O4S. The molecule has 0 saturated carbocycles. The average molecular weight is 419 g/mol. The molecule has 6 nitrogen and oxygen atoms in total. The van der Waals surface area contributed by atoms with Crippen molar-refractivity contribution in [2.45, 2.75) is 52.2 Å². The summed E-state index contributed by atoms with van der Waals surface area (Å²) < 4.78 is 55.1. The van der Waals surface area contributed by atoms with Gasteiger partial charge in [-0.15, -0.1) is 0 Å². The summed E-state index contributed by atoms with van der Waals surface area (Å²) in [6.45, 7) is 1.50. The molecule has 1 aromatic rings. The van der Waals surface area contributed by atoms with Crippen LogP contribution in [-0.2, 0) is 14.8 Å². The van der Waals surface area contributed by atoms with E-state index in [0.717, 1.165) is 6.42 Å². The molecule has 1 heterocycles. The van der Waals surface area contributed by atoms with Crippen molar-refractivity contribution in [3.8, 4) is 5.75 Å². The van der Waals surface area contributed by atoms with Gasteiger partial charge in [-0.3, -0.25) is 4.79 Å². The number of alkyl halides is 2. The number of nitrogens with one attached hydrogen (secondary N) is 1. The number of sulfonamides is 1. The lowest BCUT2D eigenvalue weighted by Gasteiger charge is -2.31. The number of amides is 1. The van der Waals surface area contributed by atoms with E-state index in [4.69, 9.17) is 0 Å². The molecule has 1 N–H and O–H groups in total. The highest BCUT2D eigenvalue weighted by Crippen LogP contribution is 2.24. The van der Waals surface area contributed by atoms with E-state index in [1.54, 1.807) is 19.1 Å². The SMILES string of the molecule is CCCCS(=O)(=O)N1CCC(C(=O)NC(C)c2cccc(OC(F)F)c2)CC1. The van der Waals surface area contributed by atoms with Crippen LogP contribution in [0.2, 0.25) is 0 Å². The molecule has 1 aliphatic rings. The molecule has 1 unspecified atom stereocenters. The van der Waals surface area contributed by atoms with Crippen LogP contribution < -0.4 is 10.1 Å². The van der Waals surface area contributed by atoms with Crippen LogP contribution in [0.15, 0.2) is 24.3 Å². The maximum absolute atomic E-state index is 12.5. The lowest BCUT2D eigenvalue weighted by molar-refractivity contribution is -0.126. The first kappa shape index (κ1) is 22.5. The molecule has 0 bridgehead atoms. The second-order valence-electron chi connectivity index (χ2n) is 7.02. The molecule has 1 amide bonds. The number of benzene rings is 1. The van der Waals surface area contributed by atoms with Crippen LogP contribution in [0.4, 0.5) is 8.78 Å². The Morgan fingerprint density at radius 1 is 1.32 bits per heavy atom. The van der Waals surface area contributed by atoms with E-state index in [1.165, 1.54) is 16.4 Å². The molecular weight excluding hydrogens is 390 g/mol. The van der Waals surface area contributed by atoms with Gasteiger partial charge in [0.15, 0.2) is 0 Å². The smallest absolute Gasteiger partial charge is 0.387 e. The number of hydrogen-bond acceptors (Lipinski definition) is 4. The average Bonchev–Trinajstić information content (AvgIpc) is 2.66. The summed E-state index contributed by atoms with van der Waals surface area (Å²) in [6.07, 6.45) is 2.39. The lowest BCUT2D eigenvalue weighted by atomic mass is 9.96. The van der Waals surface area contributed by atoms with Crippen LogP contribution in [0.3, 0.4) is 0 Å². The minimum atomic E-state index is -3.25. The van der Waals surface area contributed by atoms with Crippen molar-refractivity contribution in [2.75, 3.05) is 18.8 Å². The van der Waals surface area contributed by atoms with Gasteiger partial charge in [-0.25, -0.2) is 12.7 Å². The van der Waals surface area contributed by atoms with Gasteiger partial charge in [-0.1, -0.05) is 25.5 Å². The van der Waals surface area contributed by atoms with Crippen LogP contribution in [0.1, 0.15) is 51.1 Å². The Morgan fingerprint density at radius 3 is 2.61 bits per heavy atom. The van der Waals surface area contributed by atoms with Crippen LogP contribution in [0, 0.1) is 5.92 Å². The zero-order valence-corrected chi connectivity index (χ0v) is 17.1. The molecule has 2 rings (SSSR count). The normalized spacial score (nSPS) is 17.5. The van der Waals surface area contributed by atoms with E-state index in [2.05, 4.69) is 10.1 Å². The first-order chi connectivity index (χ1) is 13.2. The highest BCUT2D eigenvalue weighted by Gasteiger charge is 2.31. The van der Waals surface area contributed by atoms with E-state index in [1.807, 2.05) is 6.92 Å². The molecule has 1 atom stereocenters. The maximum atomic E-state index is 12.5.